The van der Waals surface area contributed by atoms with Gasteiger partial charge in [0.1, 0.15) is 0 Å². The molecular weight excluding hydrogens is 372 g/mol. The fraction of sp³-hybridized carbons (Fsp3) is 0.200. The van der Waals surface area contributed by atoms with Gasteiger partial charge in [0.2, 0.25) is 0 Å². The molecule has 0 spiro atoms. The van der Waals surface area contributed by atoms with E-state index in [0.29, 0.717) is 0 Å². The summed E-state index contributed by atoms with van der Waals surface area (Å²) in [6, 6.07) is 8.13. The Kier molecular flexibility index (Phi) is 4.22. The van der Waals surface area contributed by atoms with Crippen molar-refractivity contribution in [1.82, 2.24) is 19.5 Å². The van der Waals surface area contributed by atoms with E-state index in [2.05, 4.69) is 48.4 Å². The summed E-state index contributed by atoms with van der Waals surface area (Å²) < 4.78 is 2.22. The summed E-state index contributed by atoms with van der Waals surface area (Å²) in [5.74, 6) is 0. The largest absolute Gasteiger partial charge is 0.392 e. The normalized spacial score (nSPS) is 12.7. The predicted octanol–water partition coefficient (Wildman–Crippen LogP) is 5.08. The first-order chi connectivity index (χ1) is 14.4. The van der Waals surface area contributed by atoms with Crippen LogP contribution in [0.25, 0.3) is 46.4 Å². The molecular formula is C25H24N4O. The van der Waals surface area contributed by atoms with E-state index in [0.717, 1.165) is 56.0 Å². The molecule has 0 saturated heterocycles. The van der Waals surface area contributed by atoms with Gasteiger partial charge >= 0.3 is 0 Å². The highest BCUT2D eigenvalue weighted by atomic mass is 16.3. The number of fused-ring (bicyclic) bond motifs is 8. The molecule has 5 rings (SSSR count). The fourth-order valence-electron chi connectivity index (χ4n) is 4.47. The topological polar surface area (TPSA) is 66.7 Å². The molecule has 0 atom stereocenters. The van der Waals surface area contributed by atoms with Crippen LogP contribution in [-0.4, -0.2) is 24.6 Å². The highest BCUT2D eigenvalue weighted by Gasteiger charge is 2.13. The Balaban J connectivity index is 2.00. The molecule has 0 aromatic carbocycles. The van der Waals surface area contributed by atoms with Crippen LogP contribution in [0, 0.1) is 20.8 Å². The molecule has 5 heterocycles. The zero-order chi connectivity index (χ0) is 21.0. The summed E-state index contributed by atoms with van der Waals surface area (Å²) in [7, 11) is 2.09. The maximum atomic E-state index is 9.99. The lowest BCUT2D eigenvalue weighted by Crippen LogP contribution is -1.91. The van der Waals surface area contributed by atoms with Crippen molar-refractivity contribution in [2.24, 2.45) is 7.05 Å². The minimum atomic E-state index is -0.0220. The highest BCUT2D eigenvalue weighted by molar-refractivity contribution is 5.84. The zero-order valence-corrected chi connectivity index (χ0v) is 17.6. The number of rotatable bonds is 1. The Labute approximate surface area is 175 Å². The molecule has 5 heteroatoms. The van der Waals surface area contributed by atoms with E-state index in [4.69, 9.17) is 4.98 Å². The molecule has 150 valence electrons. The summed E-state index contributed by atoms with van der Waals surface area (Å²) >= 11 is 0. The van der Waals surface area contributed by atoms with Gasteiger partial charge in [0.05, 0.1) is 29.4 Å². The summed E-state index contributed by atoms with van der Waals surface area (Å²) in [6.45, 7) is 6.39. The molecule has 0 fully saturated rings. The molecule has 30 heavy (non-hydrogen) atoms. The third-order valence-electron chi connectivity index (χ3n) is 6.07. The Morgan fingerprint density at radius 2 is 1.40 bits per heavy atom. The molecule has 3 aromatic heterocycles. The van der Waals surface area contributed by atoms with Gasteiger partial charge in [-0.1, -0.05) is 0 Å². The van der Waals surface area contributed by atoms with Gasteiger partial charge in [-0.05, 0) is 86.0 Å². The number of aliphatic hydroxyl groups is 1. The third-order valence-corrected chi connectivity index (χ3v) is 6.07. The van der Waals surface area contributed by atoms with Crippen LogP contribution < -0.4 is 0 Å². The molecule has 2 N–H and O–H groups in total. The van der Waals surface area contributed by atoms with E-state index < -0.39 is 0 Å². The van der Waals surface area contributed by atoms with E-state index >= 15 is 0 Å². The Bertz CT molecular complexity index is 1420. The van der Waals surface area contributed by atoms with Crippen LogP contribution in [0.3, 0.4) is 0 Å². The standard InChI is InChI=1S/C25H24N4O/c1-14-15(2)25-16(3)24-17(13-30)9-22(28-24)11-20-6-5-18(26-20)10-19-7-8-21(27-19)12-23(14)29(25)4/h5-12,28,30H,13H2,1-4H3. The van der Waals surface area contributed by atoms with Gasteiger partial charge in [0.25, 0.3) is 0 Å². The van der Waals surface area contributed by atoms with Crippen LogP contribution in [0.1, 0.15) is 45.0 Å². The van der Waals surface area contributed by atoms with Crippen molar-refractivity contribution in [3.05, 3.63) is 69.3 Å². The second-order valence-corrected chi connectivity index (χ2v) is 7.97. The van der Waals surface area contributed by atoms with Crippen LogP contribution in [0.4, 0.5) is 0 Å². The van der Waals surface area contributed by atoms with Gasteiger partial charge in [0.15, 0.2) is 0 Å². The molecule has 5 nitrogen and oxygen atoms in total. The minimum Gasteiger partial charge on any atom is -0.392 e. The lowest BCUT2D eigenvalue weighted by atomic mass is 10.1. The van der Waals surface area contributed by atoms with Crippen molar-refractivity contribution in [1.29, 1.82) is 0 Å². The summed E-state index contributed by atoms with van der Waals surface area (Å²) in [5, 5.41) is 9.99. The number of hydrogen-bond donors (Lipinski definition) is 2. The number of nitrogens with one attached hydrogen (secondary N) is 1. The Morgan fingerprint density at radius 3 is 2.03 bits per heavy atom. The second-order valence-electron chi connectivity index (χ2n) is 7.97. The maximum Gasteiger partial charge on any atom is 0.0702 e. The van der Waals surface area contributed by atoms with Crippen molar-refractivity contribution >= 4 is 46.4 Å². The highest BCUT2D eigenvalue weighted by Crippen LogP contribution is 2.29. The fourth-order valence-corrected chi connectivity index (χ4v) is 4.47. The van der Waals surface area contributed by atoms with Crippen molar-refractivity contribution in [2.75, 3.05) is 0 Å². The number of hydrogen-bond acceptors (Lipinski definition) is 3. The lowest BCUT2D eigenvalue weighted by Gasteiger charge is -2.03. The smallest absolute Gasteiger partial charge is 0.0702 e. The van der Waals surface area contributed by atoms with Crippen molar-refractivity contribution < 1.29 is 5.11 Å². The van der Waals surface area contributed by atoms with Gasteiger partial charge in [0, 0.05) is 34.7 Å². The van der Waals surface area contributed by atoms with Crippen molar-refractivity contribution in [2.45, 2.75) is 27.4 Å². The monoisotopic (exact) mass is 396 g/mol. The molecule has 3 aromatic rings. The van der Waals surface area contributed by atoms with Crippen LogP contribution in [0.15, 0.2) is 24.3 Å². The van der Waals surface area contributed by atoms with Gasteiger partial charge in [-0.25, -0.2) is 9.97 Å². The van der Waals surface area contributed by atoms with Gasteiger partial charge < -0.3 is 14.7 Å². The van der Waals surface area contributed by atoms with E-state index in [9.17, 15) is 5.11 Å². The molecule has 8 bridgehead atoms. The summed E-state index contributed by atoms with van der Waals surface area (Å²) in [4.78, 5) is 12.9. The number of nitrogens with zero attached hydrogens (tertiary/aromatic N) is 3. The predicted molar refractivity (Wildman–Crippen MR) is 124 cm³/mol. The Morgan fingerprint density at radius 1 is 0.800 bits per heavy atom. The first kappa shape index (κ1) is 18.6. The third kappa shape index (κ3) is 2.90. The van der Waals surface area contributed by atoms with Gasteiger partial charge in [-0.2, -0.15) is 0 Å². The van der Waals surface area contributed by atoms with Crippen LogP contribution in [0.5, 0.6) is 0 Å². The number of H-pyrrole nitrogens is 1. The molecule has 0 aliphatic carbocycles. The molecule has 0 amide bonds. The maximum absolute atomic E-state index is 9.99. The average molecular weight is 396 g/mol. The summed E-state index contributed by atoms with van der Waals surface area (Å²) in [6.07, 6.45) is 8.05. The Hall–Kier alpha value is -3.44. The quantitative estimate of drug-likeness (QED) is 0.415. The van der Waals surface area contributed by atoms with Crippen LogP contribution in [-0.2, 0) is 13.7 Å². The number of aromatic amines is 1. The first-order valence-corrected chi connectivity index (χ1v) is 10.1. The lowest BCUT2D eigenvalue weighted by molar-refractivity contribution is 0.283. The second kappa shape index (κ2) is 6.82. The number of aromatic nitrogens is 4. The van der Waals surface area contributed by atoms with E-state index in [1.807, 2.05) is 42.5 Å². The molecule has 0 radical (unpaired) electrons. The molecule has 2 aliphatic rings. The SMILES string of the molecule is Cc1c(C)c2c(C)c3[nH]c(cc4nc(cc5nc(cc1n2C)C=C5)C=C4)cc3CO. The van der Waals surface area contributed by atoms with E-state index in [-0.39, 0.29) is 6.61 Å². The zero-order valence-electron chi connectivity index (χ0n) is 17.6. The molecule has 0 unspecified atom stereocenters. The van der Waals surface area contributed by atoms with Crippen molar-refractivity contribution in [3.63, 3.8) is 0 Å². The molecule has 2 aliphatic heterocycles. The average Bonchev–Trinajstić information content (AvgIpc) is 3.48. The number of aliphatic hydroxyl groups excluding tert-OH is 1. The van der Waals surface area contributed by atoms with E-state index in [1.165, 1.54) is 11.1 Å². The van der Waals surface area contributed by atoms with Gasteiger partial charge in [-0.3, -0.25) is 0 Å². The number of aryl methyl sites for hydroxylation is 4. The van der Waals surface area contributed by atoms with Crippen LogP contribution >= 0.6 is 0 Å². The minimum absolute atomic E-state index is 0.0220. The first-order valence-electron chi connectivity index (χ1n) is 10.1. The summed E-state index contributed by atoms with van der Waals surface area (Å²) in [5.41, 5.74) is 12.2. The van der Waals surface area contributed by atoms with Gasteiger partial charge in [-0.15, -0.1) is 0 Å². The van der Waals surface area contributed by atoms with Crippen molar-refractivity contribution in [3.8, 4) is 0 Å². The van der Waals surface area contributed by atoms with Crippen LogP contribution in [0.2, 0.25) is 0 Å². The molecule has 0 saturated carbocycles. The van der Waals surface area contributed by atoms with E-state index in [1.54, 1.807) is 0 Å².